The van der Waals surface area contributed by atoms with Gasteiger partial charge >= 0.3 is 18.0 Å². The molecule has 2 rings (SSSR count). The summed E-state index contributed by atoms with van der Waals surface area (Å²) in [7, 11) is 0. The molecule has 0 aliphatic carbocycles. The topological polar surface area (TPSA) is 259 Å². The van der Waals surface area contributed by atoms with Gasteiger partial charge in [0.1, 0.15) is 0 Å². The van der Waals surface area contributed by atoms with Crippen LogP contribution in [0.3, 0.4) is 0 Å². The number of unbranched alkanes of at least 4 members (excludes halogenated alkanes) is 1. The molecular formula is C42H79ClN4O18S. The fourth-order valence-corrected chi connectivity index (χ4v) is 7.69. The van der Waals surface area contributed by atoms with E-state index in [2.05, 4.69) is 20.9 Å². The monoisotopic (exact) mass is 994 g/mol. The highest BCUT2D eigenvalue weighted by molar-refractivity contribution is 8.00. The normalized spacial score (nSPS) is 16.6. The van der Waals surface area contributed by atoms with Crippen LogP contribution in [0.15, 0.2) is 0 Å². The number of rotatable bonds is 50. The average molecular weight is 996 g/mol. The number of aliphatic carboxylic acids is 2. The second-order valence-electron chi connectivity index (χ2n) is 14.7. The molecule has 3 atom stereocenters. The van der Waals surface area contributed by atoms with Crippen LogP contribution in [0.25, 0.3) is 0 Å². The van der Waals surface area contributed by atoms with Gasteiger partial charge in [0.25, 0.3) is 0 Å². The first-order valence-corrected chi connectivity index (χ1v) is 23.9. The molecular weight excluding hydrogens is 916 g/mol. The van der Waals surface area contributed by atoms with Gasteiger partial charge in [0.2, 0.25) is 5.91 Å². The van der Waals surface area contributed by atoms with Gasteiger partial charge in [-0.3, -0.25) is 19.3 Å². The maximum absolute atomic E-state index is 12.1. The highest BCUT2D eigenvalue weighted by Crippen LogP contribution is 2.33. The third-order valence-electron chi connectivity index (χ3n) is 9.57. The summed E-state index contributed by atoms with van der Waals surface area (Å²) in [6, 6.07) is 0.360. The molecule has 388 valence electrons. The molecule has 24 heteroatoms. The first-order valence-electron chi connectivity index (χ1n) is 22.9. The lowest BCUT2D eigenvalue weighted by molar-refractivity contribution is -0.139. The van der Waals surface area contributed by atoms with E-state index in [1.807, 2.05) is 11.8 Å². The Kier molecular flexibility index (Phi) is 42.4. The van der Waals surface area contributed by atoms with Crippen LogP contribution in [0, 0.1) is 0 Å². The maximum atomic E-state index is 12.1. The fraction of sp³-hybridized carbons (Fsp3) is 0.905. The van der Waals surface area contributed by atoms with Gasteiger partial charge in [0.15, 0.2) is 0 Å². The Labute approximate surface area is 400 Å². The highest BCUT2D eigenvalue weighted by atomic mass is 35.5. The number of amides is 3. The largest absolute Gasteiger partial charge is 0.481 e. The van der Waals surface area contributed by atoms with E-state index in [0.717, 1.165) is 25.0 Å². The quantitative estimate of drug-likeness (QED) is 0.0415. The molecule has 0 aromatic heterocycles. The minimum absolute atomic E-state index is 0. The molecule has 2 saturated heterocycles. The summed E-state index contributed by atoms with van der Waals surface area (Å²) in [5.74, 6) is -0.814. The minimum Gasteiger partial charge on any atom is -0.481 e. The number of carboxylic acid groups (broad SMARTS) is 2. The standard InChI is InChI=1S/C42H78N4O18S.ClH/c47-38(4-2-1-3-37-41-36(35-65-37)44-42(52)45-41)43-7-13-55-19-25-61-31-34-64-28-22-58-16-10-46(8-14-56-20-26-62-32-29-59-23-17-53-11-5-39(48)49)9-15-57-21-27-63-33-30-60-24-18-54-12-6-40(50)51;/h36-37,41H,1-35H2,(H,43,47)(H,48,49)(H,50,51)(H2,44,45,52);1H/t36-,37?,41+;/m1./s1. The Morgan fingerprint density at radius 2 is 0.879 bits per heavy atom. The van der Waals surface area contributed by atoms with Gasteiger partial charge in [-0.2, -0.15) is 11.8 Å². The summed E-state index contributed by atoms with van der Waals surface area (Å²) in [5.41, 5.74) is 0. The number of carbonyl (C=O) groups excluding carboxylic acids is 2. The molecule has 0 aromatic carbocycles. The molecule has 66 heavy (non-hydrogen) atoms. The van der Waals surface area contributed by atoms with Crippen molar-refractivity contribution in [3.8, 4) is 0 Å². The van der Waals surface area contributed by atoms with Crippen LogP contribution in [0.4, 0.5) is 4.79 Å². The predicted molar refractivity (Wildman–Crippen MR) is 245 cm³/mol. The molecule has 0 saturated carbocycles. The van der Waals surface area contributed by atoms with Crippen LogP contribution >= 0.6 is 24.2 Å². The number of nitrogens with one attached hydrogen (secondary N) is 3. The van der Waals surface area contributed by atoms with Crippen molar-refractivity contribution >= 4 is 48.0 Å². The van der Waals surface area contributed by atoms with Crippen molar-refractivity contribution in [2.75, 3.05) is 190 Å². The predicted octanol–water partition coefficient (Wildman–Crippen LogP) is 0.701. The van der Waals surface area contributed by atoms with Gasteiger partial charge in [-0.25, -0.2) is 4.79 Å². The number of hydrogen-bond acceptors (Lipinski definition) is 18. The molecule has 0 aromatic rings. The first-order chi connectivity index (χ1) is 31.8. The number of ether oxygens (including phenoxy) is 12. The number of fused-ring (bicyclic) bond motifs is 1. The molecule has 3 amide bonds. The highest BCUT2D eigenvalue weighted by Gasteiger charge is 2.42. The molecule has 2 aliphatic rings. The number of carboxylic acids is 2. The van der Waals surface area contributed by atoms with Crippen molar-refractivity contribution in [3.05, 3.63) is 0 Å². The summed E-state index contributed by atoms with van der Waals surface area (Å²) in [6.07, 6.45) is 3.21. The van der Waals surface area contributed by atoms with Gasteiger partial charge in [0, 0.05) is 43.6 Å². The van der Waals surface area contributed by atoms with E-state index in [9.17, 15) is 19.2 Å². The lowest BCUT2D eigenvalue weighted by atomic mass is 10.0. The maximum Gasteiger partial charge on any atom is 0.315 e. The zero-order valence-corrected chi connectivity index (χ0v) is 40.3. The van der Waals surface area contributed by atoms with Gasteiger partial charge in [0.05, 0.1) is 183 Å². The van der Waals surface area contributed by atoms with Crippen LogP contribution in [-0.4, -0.2) is 247 Å². The van der Waals surface area contributed by atoms with Crippen molar-refractivity contribution in [1.29, 1.82) is 0 Å². The number of halogens is 1. The summed E-state index contributed by atoms with van der Waals surface area (Å²) >= 11 is 1.89. The Balaban J connectivity index is 0.0000218. The van der Waals surface area contributed by atoms with Gasteiger partial charge in [-0.05, 0) is 12.8 Å². The summed E-state index contributed by atoms with van der Waals surface area (Å²) in [5, 5.41) is 26.5. The van der Waals surface area contributed by atoms with Gasteiger partial charge in [-0.1, -0.05) is 6.42 Å². The van der Waals surface area contributed by atoms with Crippen LogP contribution in [0.5, 0.6) is 0 Å². The molecule has 2 heterocycles. The van der Waals surface area contributed by atoms with Crippen LogP contribution in [0.2, 0.25) is 0 Å². The van der Waals surface area contributed by atoms with Gasteiger partial charge in [-0.15, -0.1) is 12.4 Å². The molecule has 2 fully saturated rings. The van der Waals surface area contributed by atoms with E-state index < -0.39 is 11.9 Å². The molecule has 0 spiro atoms. The Bertz CT molecular complexity index is 1150. The van der Waals surface area contributed by atoms with Crippen molar-refractivity contribution in [2.45, 2.75) is 55.9 Å². The average Bonchev–Trinajstić information content (AvgIpc) is 3.84. The van der Waals surface area contributed by atoms with Crippen molar-refractivity contribution in [2.24, 2.45) is 0 Å². The lowest BCUT2D eigenvalue weighted by Crippen LogP contribution is -2.36. The van der Waals surface area contributed by atoms with Gasteiger partial charge < -0.3 is 83.0 Å². The summed E-state index contributed by atoms with van der Waals surface area (Å²) < 4.78 is 66.3. The smallest absolute Gasteiger partial charge is 0.315 e. The van der Waals surface area contributed by atoms with E-state index in [0.29, 0.717) is 183 Å². The summed E-state index contributed by atoms with van der Waals surface area (Å²) in [6.45, 7) is 12.3. The summed E-state index contributed by atoms with van der Waals surface area (Å²) in [4.78, 5) is 46.8. The third kappa shape index (κ3) is 37.7. The van der Waals surface area contributed by atoms with E-state index in [-0.39, 0.29) is 62.5 Å². The zero-order chi connectivity index (χ0) is 46.7. The zero-order valence-electron chi connectivity index (χ0n) is 38.7. The Morgan fingerprint density at radius 1 is 0.515 bits per heavy atom. The lowest BCUT2D eigenvalue weighted by Gasteiger charge is -2.22. The number of hydrogen-bond donors (Lipinski definition) is 5. The second kappa shape index (κ2) is 45.3. The van der Waals surface area contributed by atoms with Crippen molar-refractivity contribution in [3.63, 3.8) is 0 Å². The van der Waals surface area contributed by atoms with Crippen molar-refractivity contribution in [1.82, 2.24) is 20.9 Å². The number of nitrogens with zero attached hydrogens (tertiary/aromatic N) is 1. The van der Waals surface area contributed by atoms with Crippen LogP contribution in [-0.2, 0) is 71.2 Å². The van der Waals surface area contributed by atoms with Crippen LogP contribution in [0.1, 0.15) is 38.5 Å². The Morgan fingerprint density at radius 3 is 1.27 bits per heavy atom. The fourth-order valence-electron chi connectivity index (χ4n) is 6.15. The number of carbonyl (C=O) groups is 4. The van der Waals surface area contributed by atoms with E-state index in [4.69, 9.17) is 67.1 Å². The SMILES string of the molecule is Cl.O=C(O)CCOCCOCCOCCOCCN(CCOCCOCCOCCOCCNC(=O)CCCCC1SC[C@H]2NC(=O)N[C@H]12)CCOCCOCCOCCOCCC(=O)O. The molecule has 2 aliphatic heterocycles. The molecule has 0 radical (unpaired) electrons. The van der Waals surface area contributed by atoms with Crippen molar-refractivity contribution < 1.29 is 86.2 Å². The first kappa shape index (κ1) is 61.8. The number of urea groups is 1. The molecule has 1 unspecified atom stereocenters. The molecule has 5 N–H and O–H groups in total. The minimum atomic E-state index is -0.892. The number of thioether (sulfide) groups is 1. The Hall–Kier alpha value is -2.20. The van der Waals surface area contributed by atoms with Crippen LogP contribution < -0.4 is 16.0 Å². The second-order valence-corrected chi connectivity index (χ2v) is 16.0. The molecule has 0 bridgehead atoms. The van der Waals surface area contributed by atoms with E-state index in [1.165, 1.54) is 0 Å². The third-order valence-corrected chi connectivity index (χ3v) is 11.1. The van der Waals surface area contributed by atoms with E-state index in [1.54, 1.807) is 0 Å². The molecule has 22 nitrogen and oxygen atoms in total. The van der Waals surface area contributed by atoms with E-state index >= 15 is 0 Å².